The number of nitrogens with zero attached hydrogens (tertiary/aromatic N) is 2. The highest BCUT2D eigenvalue weighted by atomic mass is 16.2. The van der Waals surface area contributed by atoms with Crippen LogP contribution in [0.5, 0.6) is 0 Å². The van der Waals surface area contributed by atoms with Gasteiger partial charge in [0, 0.05) is 18.8 Å². The van der Waals surface area contributed by atoms with Crippen molar-refractivity contribution in [2.45, 2.75) is 33.6 Å². The fourth-order valence-electron chi connectivity index (χ4n) is 1.56. The van der Waals surface area contributed by atoms with Gasteiger partial charge < -0.3 is 4.90 Å². The van der Waals surface area contributed by atoms with Gasteiger partial charge in [0.05, 0.1) is 0 Å². The van der Waals surface area contributed by atoms with Crippen LogP contribution < -0.4 is 0 Å². The van der Waals surface area contributed by atoms with Crippen LogP contribution in [0.2, 0.25) is 0 Å². The molecule has 1 heterocycles. The van der Waals surface area contributed by atoms with E-state index >= 15 is 0 Å². The van der Waals surface area contributed by atoms with Gasteiger partial charge in [0.15, 0.2) is 0 Å². The van der Waals surface area contributed by atoms with E-state index in [0.717, 1.165) is 18.8 Å². The summed E-state index contributed by atoms with van der Waals surface area (Å²) in [6.45, 7) is 9.56. The van der Waals surface area contributed by atoms with Gasteiger partial charge in [-0.15, -0.1) is 0 Å². The first-order valence-corrected chi connectivity index (χ1v) is 5.86. The lowest BCUT2D eigenvalue weighted by Gasteiger charge is -2.18. The summed E-state index contributed by atoms with van der Waals surface area (Å²) in [5, 5.41) is 0. The molecule has 1 rings (SSSR count). The summed E-state index contributed by atoms with van der Waals surface area (Å²) in [4.78, 5) is 18.2. The summed E-state index contributed by atoms with van der Waals surface area (Å²) in [6, 6.07) is 5.65. The minimum absolute atomic E-state index is 0.0208. The van der Waals surface area contributed by atoms with Crippen LogP contribution >= 0.6 is 0 Å². The molecule has 0 atom stereocenters. The second-order valence-electron chi connectivity index (χ2n) is 4.08. The third kappa shape index (κ3) is 2.81. The first-order valence-electron chi connectivity index (χ1n) is 5.86. The Morgan fingerprint density at radius 1 is 1.31 bits per heavy atom. The molecule has 0 unspecified atom stereocenters. The van der Waals surface area contributed by atoms with Crippen LogP contribution in [0.15, 0.2) is 18.2 Å². The number of hydrogen-bond acceptors (Lipinski definition) is 2. The van der Waals surface area contributed by atoms with E-state index in [0.29, 0.717) is 11.6 Å². The number of carbonyl (C=O) groups is 1. The summed E-state index contributed by atoms with van der Waals surface area (Å²) in [6.07, 6.45) is 0. The summed E-state index contributed by atoms with van der Waals surface area (Å²) in [5.41, 5.74) is 1.52. The third-order valence-corrected chi connectivity index (χ3v) is 2.63. The van der Waals surface area contributed by atoms with Crippen molar-refractivity contribution in [3.05, 3.63) is 29.6 Å². The molecule has 3 heteroatoms. The fraction of sp³-hybridized carbons (Fsp3) is 0.538. The van der Waals surface area contributed by atoms with E-state index in [-0.39, 0.29) is 5.91 Å². The number of rotatable bonds is 4. The van der Waals surface area contributed by atoms with Gasteiger partial charge in [0.25, 0.3) is 5.91 Å². The average molecular weight is 220 g/mol. The Kier molecular flexibility index (Phi) is 4.47. The molecule has 0 aromatic carbocycles. The molecule has 3 nitrogen and oxygen atoms in total. The molecule has 0 fully saturated rings. The Labute approximate surface area is 97.5 Å². The standard InChI is InChI=1S/C13H20N2O/c1-5-15(6-2)13(16)12-9-7-8-11(14-12)10(3)4/h7-10H,5-6H2,1-4H3. The molecule has 0 N–H and O–H groups in total. The Bertz CT molecular complexity index is 357. The molecule has 1 aromatic heterocycles. The van der Waals surface area contributed by atoms with Gasteiger partial charge in [0.1, 0.15) is 5.69 Å². The number of aromatic nitrogens is 1. The zero-order valence-corrected chi connectivity index (χ0v) is 10.5. The molecule has 0 spiro atoms. The van der Waals surface area contributed by atoms with Gasteiger partial charge in [-0.3, -0.25) is 4.79 Å². The molecule has 0 bridgehead atoms. The number of hydrogen-bond donors (Lipinski definition) is 0. The molecular weight excluding hydrogens is 200 g/mol. The highest BCUT2D eigenvalue weighted by molar-refractivity contribution is 5.92. The highest BCUT2D eigenvalue weighted by Gasteiger charge is 2.14. The van der Waals surface area contributed by atoms with E-state index < -0.39 is 0 Å². The summed E-state index contributed by atoms with van der Waals surface area (Å²) in [7, 11) is 0. The Hall–Kier alpha value is -1.38. The lowest BCUT2D eigenvalue weighted by molar-refractivity contribution is 0.0767. The SMILES string of the molecule is CCN(CC)C(=O)c1cccc(C(C)C)n1. The van der Waals surface area contributed by atoms with Crippen LogP contribution in [0, 0.1) is 0 Å². The highest BCUT2D eigenvalue weighted by Crippen LogP contribution is 2.12. The first kappa shape index (κ1) is 12.7. The molecule has 0 saturated carbocycles. The van der Waals surface area contributed by atoms with E-state index in [4.69, 9.17) is 0 Å². The predicted octanol–water partition coefficient (Wildman–Crippen LogP) is 2.69. The largest absolute Gasteiger partial charge is 0.338 e. The molecule has 0 aliphatic carbocycles. The van der Waals surface area contributed by atoms with Crippen LogP contribution in [0.1, 0.15) is 49.8 Å². The molecule has 0 saturated heterocycles. The Morgan fingerprint density at radius 2 is 1.94 bits per heavy atom. The van der Waals surface area contributed by atoms with Crippen molar-refractivity contribution >= 4 is 5.91 Å². The maximum atomic E-state index is 12.0. The smallest absolute Gasteiger partial charge is 0.272 e. The number of amides is 1. The van der Waals surface area contributed by atoms with Crippen molar-refractivity contribution in [3.63, 3.8) is 0 Å². The average Bonchev–Trinajstić information content (AvgIpc) is 2.30. The van der Waals surface area contributed by atoms with Gasteiger partial charge >= 0.3 is 0 Å². The molecule has 0 radical (unpaired) electrons. The van der Waals surface area contributed by atoms with Gasteiger partial charge in [0.2, 0.25) is 0 Å². The molecule has 0 aliphatic heterocycles. The molecule has 0 aliphatic rings. The minimum Gasteiger partial charge on any atom is -0.338 e. The lowest BCUT2D eigenvalue weighted by Crippen LogP contribution is -2.31. The van der Waals surface area contributed by atoms with Crippen LogP contribution in [-0.2, 0) is 0 Å². The Morgan fingerprint density at radius 3 is 2.44 bits per heavy atom. The summed E-state index contributed by atoms with van der Waals surface area (Å²) in [5.74, 6) is 0.372. The summed E-state index contributed by atoms with van der Waals surface area (Å²) < 4.78 is 0. The monoisotopic (exact) mass is 220 g/mol. The van der Waals surface area contributed by atoms with Crippen LogP contribution in [-0.4, -0.2) is 28.9 Å². The first-order chi connectivity index (χ1) is 7.60. The number of pyridine rings is 1. The summed E-state index contributed by atoms with van der Waals surface area (Å²) >= 11 is 0. The Balaban J connectivity index is 2.95. The van der Waals surface area contributed by atoms with Gasteiger partial charge in [-0.1, -0.05) is 19.9 Å². The van der Waals surface area contributed by atoms with Crippen LogP contribution in [0.4, 0.5) is 0 Å². The van der Waals surface area contributed by atoms with E-state index in [2.05, 4.69) is 18.8 Å². The maximum Gasteiger partial charge on any atom is 0.272 e. The molecule has 1 amide bonds. The van der Waals surface area contributed by atoms with Crippen molar-refractivity contribution < 1.29 is 4.79 Å². The van der Waals surface area contributed by atoms with Crippen LogP contribution in [0.3, 0.4) is 0 Å². The van der Waals surface area contributed by atoms with E-state index in [1.807, 2.05) is 26.0 Å². The van der Waals surface area contributed by atoms with Crippen molar-refractivity contribution in [2.24, 2.45) is 0 Å². The topological polar surface area (TPSA) is 33.2 Å². The number of carbonyl (C=O) groups excluding carboxylic acids is 1. The maximum absolute atomic E-state index is 12.0. The normalized spacial score (nSPS) is 10.6. The minimum atomic E-state index is 0.0208. The molecule has 1 aromatic rings. The van der Waals surface area contributed by atoms with E-state index in [1.165, 1.54) is 0 Å². The van der Waals surface area contributed by atoms with Crippen molar-refractivity contribution in [1.82, 2.24) is 9.88 Å². The van der Waals surface area contributed by atoms with Gasteiger partial charge in [-0.2, -0.15) is 0 Å². The quantitative estimate of drug-likeness (QED) is 0.781. The van der Waals surface area contributed by atoms with Crippen molar-refractivity contribution in [2.75, 3.05) is 13.1 Å². The van der Waals surface area contributed by atoms with Gasteiger partial charge in [-0.25, -0.2) is 4.98 Å². The van der Waals surface area contributed by atoms with E-state index in [1.54, 1.807) is 11.0 Å². The zero-order valence-electron chi connectivity index (χ0n) is 10.5. The lowest BCUT2D eigenvalue weighted by atomic mass is 10.1. The van der Waals surface area contributed by atoms with Crippen LogP contribution in [0.25, 0.3) is 0 Å². The van der Waals surface area contributed by atoms with Crippen molar-refractivity contribution in [1.29, 1.82) is 0 Å². The predicted molar refractivity (Wildman–Crippen MR) is 65.6 cm³/mol. The fourth-order valence-corrected chi connectivity index (χ4v) is 1.56. The second-order valence-corrected chi connectivity index (χ2v) is 4.08. The van der Waals surface area contributed by atoms with Gasteiger partial charge in [-0.05, 0) is 31.9 Å². The van der Waals surface area contributed by atoms with E-state index in [9.17, 15) is 4.79 Å². The molecular formula is C13H20N2O. The third-order valence-electron chi connectivity index (χ3n) is 2.63. The molecule has 16 heavy (non-hydrogen) atoms. The zero-order chi connectivity index (χ0) is 12.1. The molecule has 88 valence electrons. The van der Waals surface area contributed by atoms with Crippen molar-refractivity contribution in [3.8, 4) is 0 Å². The second kappa shape index (κ2) is 5.64.